The van der Waals surface area contributed by atoms with Crippen molar-refractivity contribution in [2.75, 3.05) is 26.8 Å². The van der Waals surface area contributed by atoms with E-state index in [1.807, 2.05) is 12.1 Å². The summed E-state index contributed by atoms with van der Waals surface area (Å²) in [7, 11) is 1.60. The normalized spacial score (nSPS) is 18.2. The molecule has 2 aromatic rings. The van der Waals surface area contributed by atoms with Crippen molar-refractivity contribution >= 4 is 5.91 Å². The van der Waals surface area contributed by atoms with E-state index < -0.39 is 0 Å². The number of methoxy groups -OCH3 is 1. The van der Waals surface area contributed by atoms with Gasteiger partial charge in [-0.3, -0.25) is 4.79 Å². The second-order valence-electron chi connectivity index (χ2n) is 5.67. The molecule has 1 aliphatic rings. The first-order valence-electron chi connectivity index (χ1n) is 7.73. The quantitative estimate of drug-likeness (QED) is 0.870. The molecule has 1 atom stereocenters. The van der Waals surface area contributed by atoms with E-state index in [1.165, 1.54) is 5.56 Å². The molecule has 5 nitrogen and oxygen atoms in total. The van der Waals surface area contributed by atoms with Crippen LogP contribution in [0.3, 0.4) is 0 Å². The van der Waals surface area contributed by atoms with E-state index >= 15 is 0 Å². The van der Waals surface area contributed by atoms with Crippen LogP contribution in [0.5, 0.6) is 0 Å². The topological polar surface area (TPSA) is 51.9 Å². The van der Waals surface area contributed by atoms with Gasteiger partial charge in [-0.1, -0.05) is 24.3 Å². The molecule has 1 aliphatic heterocycles. The zero-order valence-corrected chi connectivity index (χ0v) is 13.5. The Kier molecular flexibility index (Phi) is 4.79. The average Bonchev–Trinajstić information content (AvgIpc) is 3.04. The van der Waals surface area contributed by atoms with E-state index in [4.69, 9.17) is 13.9 Å². The molecule has 0 radical (unpaired) electrons. The number of hydrogen-bond acceptors (Lipinski definition) is 4. The van der Waals surface area contributed by atoms with Gasteiger partial charge < -0.3 is 18.8 Å². The predicted octanol–water partition coefficient (Wildman–Crippen LogP) is 2.95. The van der Waals surface area contributed by atoms with Crippen LogP contribution in [0.1, 0.15) is 33.5 Å². The largest absolute Gasteiger partial charge is 0.453 e. The fraction of sp³-hybridized carbons (Fsp3) is 0.389. The zero-order chi connectivity index (χ0) is 16.2. The molecule has 0 saturated carbocycles. The molecule has 23 heavy (non-hydrogen) atoms. The number of amides is 1. The van der Waals surface area contributed by atoms with Gasteiger partial charge >= 0.3 is 0 Å². The zero-order valence-electron chi connectivity index (χ0n) is 13.5. The van der Waals surface area contributed by atoms with Gasteiger partial charge in [0, 0.05) is 13.7 Å². The molecule has 1 saturated heterocycles. The predicted molar refractivity (Wildman–Crippen MR) is 85.2 cm³/mol. The number of ether oxygens (including phenoxy) is 2. The molecule has 1 aromatic heterocycles. The van der Waals surface area contributed by atoms with Crippen LogP contribution >= 0.6 is 0 Å². The molecule has 1 fully saturated rings. The van der Waals surface area contributed by atoms with Crippen LogP contribution in [0, 0.1) is 6.92 Å². The van der Waals surface area contributed by atoms with Crippen molar-refractivity contribution in [2.45, 2.75) is 19.6 Å². The molecule has 0 aliphatic carbocycles. The molecule has 3 rings (SSSR count). The highest BCUT2D eigenvalue weighted by Gasteiger charge is 2.28. The van der Waals surface area contributed by atoms with E-state index in [9.17, 15) is 4.79 Å². The molecular weight excluding hydrogens is 294 g/mol. The highest BCUT2D eigenvalue weighted by atomic mass is 16.5. The van der Waals surface area contributed by atoms with Gasteiger partial charge in [0.25, 0.3) is 5.91 Å². The number of rotatable bonds is 4. The van der Waals surface area contributed by atoms with Crippen LogP contribution < -0.4 is 0 Å². The summed E-state index contributed by atoms with van der Waals surface area (Å²) in [4.78, 5) is 14.4. The maximum absolute atomic E-state index is 12.6. The molecule has 0 N–H and O–H groups in total. The summed E-state index contributed by atoms with van der Waals surface area (Å²) in [5.41, 5.74) is 2.30. The molecule has 0 bridgehead atoms. The number of aryl methyl sites for hydroxylation is 1. The van der Waals surface area contributed by atoms with Gasteiger partial charge in [0.2, 0.25) is 0 Å². The SMILES string of the molecule is COCc1ccc(C(=O)N2CCOC(c3ccccc3C)C2)o1. The van der Waals surface area contributed by atoms with E-state index in [1.54, 1.807) is 24.1 Å². The van der Waals surface area contributed by atoms with Crippen molar-refractivity contribution < 1.29 is 18.7 Å². The highest BCUT2D eigenvalue weighted by Crippen LogP contribution is 2.26. The van der Waals surface area contributed by atoms with Gasteiger partial charge in [0.05, 0.1) is 13.2 Å². The lowest BCUT2D eigenvalue weighted by Crippen LogP contribution is -2.42. The van der Waals surface area contributed by atoms with Crippen molar-refractivity contribution in [1.29, 1.82) is 0 Å². The Morgan fingerprint density at radius 3 is 2.91 bits per heavy atom. The van der Waals surface area contributed by atoms with E-state index in [0.717, 1.165) is 5.56 Å². The summed E-state index contributed by atoms with van der Waals surface area (Å²) < 4.78 is 16.4. The standard InChI is InChI=1S/C18H21NO4/c1-13-5-3-4-6-15(13)17-11-19(9-10-22-17)18(20)16-8-7-14(23-16)12-21-2/h3-8,17H,9-12H2,1-2H3. The summed E-state index contributed by atoms with van der Waals surface area (Å²) in [5.74, 6) is 0.899. The molecular formula is C18H21NO4. The fourth-order valence-corrected chi connectivity index (χ4v) is 2.84. The first-order chi connectivity index (χ1) is 11.2. The van der Waals surface area contributed by atoms with Crippen LogP contribution in [-0.2, 0) is 16.1 Å². The van der Waals surface area contributed by atoms with Gasteiger partial charge in [-0.15, -0.1) is 0 Å². The number of benzene rings is 1. The monoisotopic (exact) mass is 315 g/mol. The summed E-state index contributed by atoms with van der Waals surface area (Å²) in [6.07, 6.45) is -0.0951. The number of morpholine rings is 1. The van der Waals surface area contributed by atoms with Gasteiger partial charge in [0.1, 0.15) is 18.5 Å². The summed E-state index contributed by atoms with van der Waals surface area (Å²) >= 11 is 0. The summed E-state index contributed by atoms with van der Waals surface area (Å²) in [5, 5.41) is 0. The number of carbonyl (C=O) groups excluding carboxylic acids is 1. The van der Waals surface area contributed by atoms with Crippen molar-refractivity contribution in [2.24, 2.45) is 0 Å². The maximum Gasteiger partial charge on any atom is 0.289 e. The Morgan fingerprint density at radius 1 is 1.30 bits per heavy atom. The van der Waals surface area contributed by atoms with E-state index in [0.29, 0.717) is 37.8 Å². The van der Waals surface area contributed by atoms with Crippen molar-refractivity contribution in [3.05, 3.63) is 59.0 Å². The molecule has 1 amide bonds. The molecule has 0 spiro atoms. The highest BCUT2D eigenvalue weighted by molar-refractivity contribution is 5.91. The molecule has 2 heterocycles. The second-order valence-corrected chi connectivity index (χ2v) is 5.67. The Hall–Kier alpha value is -2.11. The Morgan fingerprint density at radius 2 is 2.13 bits per heavy atom. The third-order valence-electron chi connectivity index (χ3n) is 4.05. The molecule has 1 aromatic carbocycles. The van der Waals surface area contributed by atoms with Crippen LogP contribution in [-0.4, -0.2) is 37.6 Å². The van der Waals surface area contributed by atoms with Gasteiger partial charge in [-0.05, 0) is 30.2 Å². The van der Waals surface area contributed by atoms with Crippen LogP contribution in [0.2, 0.25) is 0 Å². The van der Waals surface area contributed by atoms with Crippen LogP contribution in [0.25, 0.3) is 0 Å². The minimum absolute atomic E-state index is 0.0951. The van der Waals surface area contributed by atoms with E-state index in [-0.39, 0.29) is 12.0 Å². The number of carbonyl (C=O) groups is 1. The number of hydrogen-bond donors (Lipinski definition) is 0. The lowest BCUT2D eigenvalue weighted by atomic mass is 10.0. The number of furan rings is 1. The van der Waals surface area contributed by atoms with Crippen LogP contribution in [0.15, 0.2) is 40.8 Å². The fourth-order valence-electron chi connectivity index (χ4n) is 2.84. The first kappa shape index (κ1) is 15.8. The average molecular weight is 315 g/mol. The minimum Gasteiger partial charge on any atom is -0.453 e. The first-order valence-corrected chi connectivity index (χ1v) is 7.73. The smallest absolute Gasteiger partial charge is 0.289 e. The summed E-state index contributed by atoms with van der Waals surface area (Å²) in [6, 6.07) is 11.6. The Bertz CT molecular complexity index is 679. The lowest BCUT2D eigenvalue weighted by Gasteiger charge is -2.33. The third-order valence-corrected chi connectivity index (χ3v) is 4.05. The Balaban J connectivity index is 1.72. The minimum atomic E-state index is -0.103. The van der Waals surface area contributed by atoms with Crippen molar-refractivity contribution in [3.63, 3.8) is 0 Å². The van der Waals surface area contributed by atoms with Gasteiger partial charge in [0.15, 0.2) is 5.76 Å². The Labute approximate surface area is 135 Å². The second kappa shape index (κ2) is 6.98. The van der Waals surface area contributed by atoms with Crippen molar-refractivity contribution in [3.8, 4) is 0 Å². The van der Waals surface area contributed by atoms with Gasteiger partial charge in [-0.2, -0.15) is 0 Å². The lowest BCUT2D eigenvalue weighted by molar-refractivity contribution is -0.0241. The third kappa shape index (κ3) is 3.46. The number of nitrogens with zero attached hydrogens (tertiary/aromatic N) is 1. The van der Waals surface area contributed by atoms with Crippen molar-refractivity contribution in [1.82, 2.24) is 4.90 Å². The summed E-state index contributed by atoms with van der Waals surface area (Å²) in [6.45, 7) is 4.05. The van der Waals surface area contributed by atoms with Crippen LogP contribution in [0.4, 0.5) is 0 Å². The molecule has 122 valence electrons. The van der Waals surface area contributed by atoms with E-state index in [2.05, 4.69) is 19.1 Å². The molecule has 1 unspecified atom stereocenters. The van der Waals surface area contributed by atoms with Gasteiger partial charge in [-0.25, -0.2) is 0 Å². The maximum atomic E-state index is 12.6. The molecule has 5 heteroatoms.